The minimum atomic E-state index is -0.846. The number of benzene rings is 2. The molecule has 152 valence electrons. The molecule has 2 aromatic carbocycles. The standard InChI is InChI=1S/C20H20N2O7/c1-13-6-8-17(9-7-13)28-18-4-2-3-5-19(18)29-20(23)14-10-15(21(24)25)12-16(11-14)22(26)27/h6-12,18-19H,2-5H2,1H3/t18-,19-/m1/s1. The monoisotopic (exact) mass is 400 g/mol. The smallest absolute Gasteiger partial charge is 0.339 e. The number of nitro benzene ring substituents is 2. The van der Waals surface area contributed by atoms with Gasteiger partial charge in [0.05, 0.1) is 21.5 Å². The van der Waals surface area contributed by atoms with Gasteiger partial charge in [-0.2, -0.15) is 0 Å². The fraction of sp³-hybridized carbons (Fsp3) is 0.350. The quantitative estimate of drug-likeness (QED) is 0.401. The minimum Gasteiger partial charge on any atom is -0.487 e. The lowest BCUT2D eigenvalue weighted by molar-refractivity contribution is -0.394. The van der Waals surface area contributed by atoms with Crippen molar-refractivity contribution < 1.29 is 24.1 Å². The molecule has 1 aliphatic rings. The molecule has 9 heteroatoms. The zero-order chi connectivity index (χ0) is 21.0. The summed E-state index contributed by atoms with van der Waals surface area (Å²) in [5, 5.41) is 22.1. The number of esters is 1. The van der Waals surface area contributed by atoms with Crippen LogP contribution in [0.25, 0.3) is 0 Å². The molecule has 29 heavy (non-hydrogen) atoms. The van der Waals surface area contributed by atoms with E-state index in [9.17, 15) is 25.0 Å². The van der Waals surface area contributed by atoms with Gasteiger partial charge in [0.1, 0.15) is 18.0 Å². The molecule has 0 spiro atoms. The summed E-state index contributed by atoms with van der Waals surface area (Å²) < 4.78 is 11.5. The number of carbonyl (C=O) groups is 1. The van der Waals surface area contributed by atoms with Crippen molar-refractivity contribution in [1.29, 1.82) is 0 Å². The van der Waals surface area contributed by atoms with Crippen molar-refractivity contribution in [2.75, 3.05) is 0 Å². The lowest BCUT2D eigenvalue weighted by Crippen LogP contribution is -2.38. The molecule has 2 atom stereocenters. The summed E-state index contributed by atoms with van der Waals surface area (Å²) in [6.45, 7) is 1.97. The van der Waals surface area contributed by atoms with Gasteiger partial charge >= 0.3 is 5.97 Å². The molecule has 1 aliphatic carbocycles. The average molecular weight is 400 g/mol. The first-order valence-electron chi connectivity index (χ1n) is 9.21. The Labute approximate surface area is 166 Å². The van der Waals surface area contributed by atoms with E-state index in [0.29, 0.717) is 18.6 Å². The maximum absolute atomic E-state index is 12.6. The molecule has 1 saturated carbocycles. The predicted molar refractivity (Wildman–Crippen MR) is 103 cm³/mol. The first-order chi connectivity index (χ1) is 13.8. The summed E-state index contributed by atoms with van der Waals surface area (Å²) in [6, 6.07) is 10.3. The number of rotatable bonds is 6. The van der Waals surface area contributed by atoms with E-state index in [1.54, 1.807) is 0 Å². The number of ether oxygens (including phenoxy) is 2. The van der Waals surface area contributed by atoms with Gasteiger partial charge in [-0.3, -0.25) is 20.2 Å². The summed E-state index contributed by atoms with van der Waals surface area (Å²) in [5.41, 5.74) is -0.216. The summed E-state index contributed by atoms with van der Waals surface area (Å²) in [4.78, 5) is 33.1. The molecule has 0 radical (unpaired) electrons. The van der Waals surface area contributed by atoms with Gasteiger partial charge in [0, 0.05) is 12.1 Å². The van der Waals surface area contributed by atoms with E-state index < -0.39 is 33.3 Å². The van der Waals surface area contributed by atoms with Gasteiger partial charge in [-0.05, 0) is 44.7 Å². The highest BCUT2D eigenvalue weighted by Gasteiger charge is 2.31. The number of aryl methyl sites for hydroxylation is 1. The van der Waals surface area contributed by atoms with Crippen LogP contribution in [0, 0.1) is 27.2 Å². The van der Waals surface area contributed by atoms with E-state index in [-0.39, 0.29) is 11.7 Å². The van der Waals surface area contributed by atoms with Crippen molar-refractivity contribution >= 4 is 17.3 Å². The van der Waals surface area contributed by atoms with Gasteiger partial charge in [0.2, 0.25) is 0 Å². The molecule has 0 unspecified atom stereocenters. The van der Waals surface area contributed by atoms with Crippen LogP contribution in [-0.2, 0) is 4.74 Å². The van der Waals surface area contributed by atoms with E-state index in [2.05, 4.69) is 0 Å². The lowest BCUT2D eigenvalue weighted by atomic mass is 9.94. The van der Waals surface area contributed by atoms with Crippen LogP contribution in [0.1, 0.15) is 41.6 Å². The third kappa shape index (κ3) is 5.07. The Hall–Kier alpha value is -3.49. The molecule has 1 fully saturated rings. The molecule has 9 nitrogen and oxygen atoms in total. The highest BCUT2D eigenvalue weighted by molar-refractivity contribution is 5.91. The zero-order valence-corrected chi connectivity index (χ0v) is 15.8. The number of hydrogen-bond donors (Lipinski definition) is 0. The van der Waals surface area contributed by atoms with Crippen LogP contribution in [0.3, 0.4) is 0 Å². The number of non-ortho nitro benzene ring substituents is 2. The van der Waals surface area contributed by atoms with Gasteiger partial charge in [-0.1, -0.05) is 17.7 Å². The summed E-state index contributed by atoms with van der Waals surface area (Å²) >= 11 is 0. The molecular formula is C20H20N2O7. The SMILES string of the molecule is Cc1ccc(O[C@@H]2CCCC[C@H]2OC(=O)c2cc([N+](=O)[O-])cc([N+](=O)[O-])c2)cc1. The fourth-order valence-electron chi connectivity index (χ4n) is 3.25. The van der Waals surface area contributed by atoms with Crippen molar-refractivity contribution in [3.63, 3.8) is 0 Å². The Bertz CT molecular complexity index is 895. The van der Waals surface area contributed by atoms with Gasteiger partial charge in [0.25, 0.3) is 11.4 Å². The number of hydrogen-bond acceptors (Lipinski definition) is 7. The average Bonchev–Trinajstić information content (AvgIpc) is 2.70. The summed E-state index contributed by atoms with van der Waals surface area (Å²) in [7, 11) is 0. The molecule has 0 bridgehead atoms. The molecular weight excluding hydrogens is 380 g/mol. The van der Waals surface area contributed by atoms with Crippen LogP contribution >= 0.6 is 0 Å². The number of nitrogens with zero attached hydrogens (tertiary/aromatic N) is 2. The molecule has 0 amide bonds. The van der Waals surface area contributed by atoms with E-state index in [1.165, 1.54) is 0 Å². The van der Waals surface area contributed by atoms with Gasteiger partial charge in [0.15, 0.2) is 0 Å². The maximum atomic E-state index is 12.6. The van der Waals surface area contributed by atoms with Gasteiger partial charge < -0.3 is 9.47 Å². The van der Waals surface area contributed by atoms with Crippen molar-refractivity contribution in [3.8, 4) is 5.75 Å². The third-order valence-corrected chi connectivity index (χ3v) is 4.77. The van der Waals surface area contributed by atoms with Crippen molar-refractivity contribution in [1.82, 2.24) is 0 Å². The Kier molecular flexibility index (Phi) is 6.06. The normalized spacial score (nSPS) is 18.7. The van der Waals surface area contributed by atoms with Gasteiger partial charge in [-0.25, -0.2) is 4.79 Å². The summed E-state index contributed by atoms with van der Waals surface area (Å²) in [5.74, 6) is -0.184. The molecule has 0 aliphatic heterocycles. The number of carbonyl (C=O) groups excluding carboxylic acids is 1. The second kappa shape index (κ2) is 8.68. The summed E-state index contributed by atoms with van der Waals surface area (Å²) in [6.07, 6.45) is 2.15. The van der Waals surface area contributed by atoms with Crippen LogP contribution in [0.5, 0.6) is 5.75 Å². The van der Waals surface area contributed by atoms with E-state index in [1.807, 2.05) is 31.2 Å². The Morgan fingerprint density at radius 2 is 1.48 bits per heavy atom. The minimum absolute atomic E-state index is 0.231. The van der Waals surface area contributed by atoms with Crippen LogP contribution in [0.4, 0.5) is 11.4 Å². The van der Waals surface area contributed by atoms with E-state index in [0.717, 1.165) is 36.6 Å². The molecule has 3 rings (SSSR count). The molecule has 0 saturated heterocycles. The van der Waals surface area contributed by atoms with Crippen molar-refractivity contribution in [3.05, 3.63) is 73.8 Å². The largest absolute Gasteiger partial charge is 0.487 e. The first kappa shape index (κ1) is 20.2. The molecule has 0 aromatic heterocycles. The van der Waals surface area contributed by atoms with Crippen molar-refractivity contribution in [2.45, 2.75) is 44.8 Å². The van der Waals surface area contributed by atoms with E-state index in [4.69, 9.17) is 9.47 Å². The molecule has 2 aromatic rings. The van der Waals surface area contributed by atoms with Crippen LogP contribution < -0.4 is 4.74 Å². The topological polar surface area (TPSA) is 122 Å². The highest BCUT2D eigenvalue weighted by atomic mass is 16.6. The predicted octanol–water partition coefficient (Wildman–Crippen LogP) is 4.36. The van der Waals surface area contributed by atoms with Crippen LogP contribution in [0.2, 0.25) is 0 Å². The maximum Gasteiger partial charge on any atom is 0.339 e. The second-order valence-corrected chi connectivity index (χ2v) is 6.95. The molecule has 0 N–H and O–H groups in total. The number of nitro groups is 2. The van der Waals surface area contributed by atoms with Crippen LogP contribution in [-0.4, -0.2) is 28.0 Å². The van der Waals surface area contributed by atoms with E-state index >= 15 is 0 Å². The lowest BCUT2D eigenvalue weighted by Gasteiger charge is -2.31. The third-order valence-electron chi connectivity index (χ3n) is 4.77. The Morgan fingerprint density at radius 3 is 2.03 bits per heavy atom. The fourth-order valence-corrected chi connectivity index (χ4v) is 3.25. The van der Waals surface area contributed by atoms with Crippen molar-refractivity contribution in [2.24, 2.45) is 0 Å². The molecule has 0 heterocycles. The zero-order valence-electron chi connectivity index (χ0n) is 15.8. The highest BCUT2D eigenvalue weighted by Crippen LogP contribution is 2.28. The second-order valence-electron chi connectivity index (χ2n) is 6.95. The Balaban J connectivity index is 1.77. The first-order valence-corrected chi connectivity index (χ1v) is 9.21. The van der Waals surface area contributed by atoms with Gasteiger partial charge in [-0.15, -0.1) is 0 Å². The van der Waals surface area contributed by atoms with Crippen LogP contribution in [0.15, 0.2) is 42.5 Å². The Morgan fingerprint density at radius 1 is 0.931 bits per heavy atom.